The maximum Gasteiger partial charge on any atom is 0.342 e. The SMILES string of the molecule is Cc1cc(C)c(C(=O)OCC(=O)NC2CCCC2)c(Cl)n1. The van der Waals surface area contributed by atoms with E-state index in [1.807, 2.05) is 0 Å². The predicted molar refractivity (Wildman–Crippen MR) is 79.4 cm³/mol. The van der Waals surface area contributed by atoms with E-state index in [0.29, 0.717) is 5.56 Å². The summed E-state index contributed by atoms with van der Waals surface area (Å²) in [7, 11) is 0. The third-order valence-corrected chi connectivity index (χ3v) is 3.83. The third-order valence-electron chi connectivity index (χ3n) is 3.56. The molecule has 0 saturated heterocycles. The van der Waals surface area contributed by atoms with E-state index in [1.165, 1.54) is 0 Å². The molecule has 1 N–H and O–H groups in total. The average Bonchev–Trinajstić information content (AvgIpc) is 2.88. The number of carbonyl (C=O) groups excluding carboxylic acids is 2. The lowest BCUT2D eigenvalue weighted by atomic mass is 10.1. The molecule has 0 spiro atoms. The van der Waals surface area contributed by atoms with Crippen LogP contribution >= 0.6 is 11.6 Å². The summed E-state index contributed by atoms with van der Waals surface area (Å²) in [6.45, 7) is 3.26. The molecule has 0 aromatic carbocycles. The fraction of sp³-hybridized carbons (Fsp3) is 0.533. The molecule has 0 aliphatic heterocycles. The molecular formula is C15H19ClN2O3. The molecule has 21 heavy (non-hydrogen) atoms. The van der Waals surface area contributed by atoms with Gasteiger partial charge in [0.05, 0.1) is 5.56 Å². The molecule has 1 aliphatic rings. The first kappa shape index (κ1) is 15.8. The second-order valence-corrected chi connectivity index (χ2v) is 5.73. The molecule has 114 valence electrons. The number of halogens is 1. The van der Waals surface area contributed by atoms with Crippen molar-refractivity contribution in [2.45, 2.75) is 45.6 Å². The number of nitrogens with zero attached hydrogens (tertiary/aromatic N) is 1. The molecule has 1 aromatic rings. The number of nitrogens with one attached hydrogen (secondary N) is 1. The number of carbonyl (C=O) groups is 2. The number of hydrogen-bond acceptors (Lipinski definition) is 4. The molecule has 6 heteroatoms. The van der Waals surface area contributed by atoms with Crippen molar-refractivity contribution < 1.29 is 14.3 Å². The highest BCUT2D eigenvalue weighted by atomic mass is 35.5. The molecule has 1 saturated carbocycles. The summed E-state index contributed by atoms with van der Waals surface area (Å²) in [5.74, 6) is -0.893. The molecule has 5 nitrogen and oxygen atoms in total. The summed E-state index contributed by atoms with van der Waals surface area (Å²) in [5, 5.41) is 2.96. The van der Waals surface area contributed by atoms with Gasteiger partial charge in [0.15, 0.2) is 6.61 Å². The molecule has 1 fully saturated rings. The van der Waals surface area contributed by atoms with Crippen LogP contribution in [0, 0.1) is 13.8 Å². The van der Waals surface area contributed by atoms with Crippen molar-refractivity contribution in [3.05, 3.63) is 28.0 Å². The van der Waals surface area contributed by atoms with E-state index in [9.17, 15) is 9.59 Å². The fourth-order valence-corrected chi connectivity index (χ4v) is 2.94. The van der Waals surface area contributed by atoms with Crippen LogP contribution in [0.4, 0.5) is 0 Å². The monoisotopic (exact) mass is 310 g/mol. The summed E-state index contributed by atoms with van der Waals surface area (Å²) in [4.78, 5) is 27.8. The summed E-state index contributed by atoms with van der Waals surface area (Å²) >= 11 is 5.97. The summed E-state index contributed by atoms with van der Waals surface area (Å²) in [6, 6.07) is 1.96. The lowest BCUT2D eigenvalue weighted by molar-refractivity contribution is -0.124. The molecule has 0 radical (unpaired) electrons. The zero-order chi connectivity index (χ0) is 15.4. The van der Waals surface area contributed by atoms with Crippen LogP contribution in [0.25, 0.3) is 0 Å². The van der Waals surface area contributed by atoms with Gasteiger partial charge >= 0.3 is 5.97 Å². The lowest BCUT2D eigenvalue weighted by Gasteiger charge is -2.13. The summed E-state index contributed by atoms with van der Waals surface area (Å²) in [5.41, 5.74) is 1.64. The maximum absolute atomic E-state index is 12.0. The van der Waals surface area contributed by atoms with Crippen molar-refractivity contribution in [1.82, 2.24) is 10.3 Å². The van der Waals surface area contributed by atoms with Crippen molar-refractivity contribution in [2.24, 2.45) is 0 Å². The minimum atomic E-state index is -0.619. The van der Waals surface area contributed by atoms with Crippen LogP contribution in [0.2, 0.25) is 5.15 Å². The van der Waals surface area contributed by atoms with Gasteiger partial charge in [-0.1, -0.05) is 24.4 Å². The van der Waals surface area contributed by atoms with Gasteiger partial charge in [0, 0.05) is 11.7 Å². The number of aryl methyl sites for hydroxylation is 2. The quantitative estimate of drug-likeness (QED) is 0.685. The van der Waals surface area contributed by atoms with E-state index in [4.69, 9.17) is 16.3 Å². The van der Waals surface area contributed by atoms with Gasteiger partial charge in [-0.25, -0.2) is 9.78 Å². The van der Waals surface area contributed by atoms with Crippen LogP contribution < -0.4 is 5.32 Å². The number of hydrogen-bond donors (Lipinski definition) is 1. The van der Waals surface area contributed by atoms with Gasteiger partial charge in [-0.3, -0.25) is 4.79 Å². The van der Waals surface area contributed by atoms with Gasteiger partial charge in [0.2, 0.25) is 0 Å². The highest BCUT2D eigenvalue weighted by Crippen LogP contribution is 2.20. The molecule has 1 aromatic heterocycles. The number of esters is 1. The normalized spacial score (nSPS) is 15.0. The van der Waals surface area contributed by atoms with Crippen molar-refractivity contribution in [2.75, 3.05) is 6.61 Å². The van der Waals surface area contributed by atoms with Crippen molar-refractivity contribution in [3.8, 4) is 0 Å². The Morgan fingerprint density at radius 1 is 1.38 bits per heavy atom. The van der Waals surface area contributed by atoms with Crippen molar-refractivity contribution in [3.63, 3.8) is 0 Å². The van der Waals surface area contributed by atoms with E-state index in [-0.39, 0.29) is 29.3 Å². The first-order valence-corrected chi connectivity index (χ1v) is 7.45. The average molecular weight is 311 g/mol. The van der Waals surface area contributed by atoms with Gasteiger partial charge in [-0.15, -0.1) is 0 Å². The Kier molecular flexibility index (Phi) is 5.17. The van der Waals surface area contributed by atoms with Crippen LogP contribution in [-0.4, -0.2) is 29.5 Å². The Morgan fingerprint density at radius 3 is 2.67 bits per heavy atom. The lowest BCUT2D eigenvalue weighted by Crippen LogP contribution is -2.36. The molecule has 1 aliphatic carbocycles. The highest BCUT2D eigenvalue weighted by molar-refractivity contribution is 6.32. The van der Waals surface area contributed by atoms with Crippen LogP contribution in [0.5, 0.6) is 0 Å². The largest absolute Gasteiger partial charge is 0.452 e. The van der Waals surface area contributed by atoms with E-state index in [2.05, 4.69) is 10.3 Å². The minimum absolute atomic E-state index is 0.105. The van der Waals surface area contributed by atoms with Crippen LogP contribution in [0.3, 0.4) is 0 Å². The molecule has 0 bridgehead atoms. The van der Waals surface area contributed by atoms with Crippen molar-refractivity contribution in [1.29, 1.82) is 0 Å². The van der Waals surface area contributed by atoms with E-state index < -0.39 is 5.97 Å². The maximum atomic E-state index is 12.0. The smallest absolute Gasteiger partial charge is 0.342 e. The van der Waals surface area contributed by atoms with E-state index in [0.717, 1.165) is 31.4 Å². The van der Waals surface area contributed by atoms with E-state index >= 15 is 0 Å². The van der Waals surface area contributed by atoms with Gasteiger partial charge in [0.25, 0.3) is 5.91 Å². The van der Waals surface area contributed by atoms with Gasteiger partial charge < -0.3 is 10.1 Å². The molecular weight excluding hydrogens is 292 g/mol. The second kappa shape index (κ2) is 6.89. The number of rotatable bonds is 4. The van der Waals surface area contributed by atoms with Crippen LogP contribution in [0.15, 0.2) is 6.07 Å². The predicted octanol–water partition coefficient (Wildman–Crippen LogP) is 2.57. The minimum Gasteiger partial charge on any atom is -0.452 e. The van der Waals surface area contributed by atoms with Gasteiger partial charge in [-0.2, -0.15) is 0 Å². The third kappa shape index (κ3) is 4.17. The first-order chi connectivity index (χ1) is 9.97. The van der Waals surface area contributed by atoms with Gasteiger partial charge in [0.1, 0.15) is 5.15 Å². The Hall–Kier alpha value is -1.62. The Morgan fingerprint density at radius 2 is 2.05 bits per heavy atom. The topological polar surface area (TPSA) is 68.3 Å². The Balaban J connectivity index is 1.91. The summed E-state index contributed by atoms with van der Waals surface area (Å²) < 4.78 is 5.03. The molecule has 2 rings (SSSR count). The standard InChI is InChI=1S/C15H19ClN2O3/c1-9-7-10(2)17-14(16)13(9)15(20)21-8-12(19)18-11-5-3-4-6-11/h7,11H,3-6,8H2,1-2H3,(H,18,19). The molecule has 1 amide bonds. The molecule has 0 unspecified atom stereocenters. The number of aromatic nitrogens is 1. The number of pyridine rings is 1. The Labute approximate surface area is 129 Å². The van der Waals surface area contributed by atoms with Gasteiger partial charge in [-0.05, 0) is 38.3 Å². The zero-order valence-electron chi connectivity index (χ0n) is 12.2. The van der Waals surface area contributed by atoms with Crippen LogP contribution in [-0.2, 0) is 9.53 Å². The molecule has 0 atom stereocenters. The van der Waals surface area contributed by atoms with E-state index in [1.54, 1.807) is 19.9 Å². The number of ether oxygens (including phenoxy) is 1. The fourth-order valence-electron chi connectivity index (χ4n) is 2.58. The van der Waals surface area contributed by atoms with Crippen LogP contribution in [0.1, 0.15) is 47.3 Å². The molecule has 1 heterocycles. The zero-order valence-corrected chi connectivity index (χ0v) is 13.0. The van der Waals surface area contributed by atoms with Crippen molar-refractivity contribution >= 4 is 23.5 Å². The highest BCUT2D eigenvalue weighted by Gasteiger charge is 2.20. The Bertz CT molecular complexity index is 531. The first-order valence-electron chi connectivity index (χ1n) is 7.07. The summed E-state index contributed by atoms with van der Waals surface area (Å²) in [6.07, 6.45) is 4.25. The second-order valence-electron chi connectivity index (χ2n) is 5.37. The number of amides is 1.